The molecule has 1 aromatic rings. The van der Waals surface area contributed by atoms with E-state index >= 15 is 0 Å². The van der Waals surface area contributed by atoms with Gasteiger partial charge in [0.15, 0.2) is 0 Å². The predicted octanol–water partition coefficient (Wildman–Crippen LogP) is 2.07. The Kier molecular flexibility index (Phi) is 7.87. The van der Waals surface area contributed by atoms with Crippen LogP contribution in [0.25, 0.3) is 0 Å². The Labute approximate surface area is 145 Å². The van der Waals surface area contributed by atoms with Crippen molar-refractivity contribution in [3.63, 3.8) is 0 Å². The number of carbonyl (C=O) groups excluding carboxylic acids is 1. The summed E-state index contributed by atoms with van der Waals surface area (Å²) in [6.45, 7) is 1.43. The highest BCUT2D eigenvalue weighted by Gasteiger charge is 2.17. The van der Waals surface area contributed by atoms with Gasteiger partial charge in [-0.3, -0.25) is 4.79 Å². The number of nitrogens with one attached hydrogen (secondary N) is 2. The van der Waals surface area contributed by atoms with Crippen molar-refractivity contribution in [1.29, 1.82) is 0 Å². The molecule has 1 aromatic carbocycles. The van der Waals surface area contributed by atoms with E-state index in [-0.39, 0.29) is 30.7 Å². The maximum absolute atomic E-state index is 12.6. The molecule has 0 saturated carbocycles. The zero-order valence-corrected chi connectivity index (χ0v) is 14.2. The predicted molar refractivity (Wildman–Crippen MR) is 87.9 cm³/mol. The minimum atomic E-state index is -2.94. The van der Waals surface area contributed by atoms with E-state index in [9.17, 15) is 13.6 Å². The number of hydrogen-bond acceptors (Lipinski definition) is 5. The van der Waals surface area contributed by atoms with E-state index in [4.69, 9.17) is 9.47 Å². The van der Waals surface area contributed by atoms with Gasteiger partial charge in [-0.1, -0.05) is 6.92 Å². The SMILES string of the molecule is CCCOc1ccc(CNC(=O)CC2COCCN2)c(OC(F)F)c1. The monoisotopic (exact) mass is 358 g/mol. The van der Waals surface area contributed by atoms with Crippen LogP contribution >= 0.6 is 0 Å². The van der Waals surface area contributed by atoms with E-state index < -0.39 is 6.61 Å². The normalized spacial score (nSPS) is 17.4. The summed E-state index contributed by atoms with van der Waals surface area (Å²) in [5.74, 6) is 0.275. The Morgan fingerprint density at radius 2 is 2.32 bits per heavy atom. The molecule has 2 rings (SSSR count). The molecule has 140 valence electrons. The molecule has 0 bridgehead atoms. The number of morpholine rings is 1. The molecule has 1 unspecified atom stereocenters. The molecule has 1 heterocycles. The van der Waals surface area contributed by atoms with Crippen molar-refractivity contribution in [1.82, 2.24) is 10.6 Å². The van der Waals surface area contributed by atoms with Crippen LogP contribution in [0.3, 0.4) is 0 Å². The highest BCUT2D eigenvalue weighted by molar-refractivity contribution is 5.76. The lowest BCUT2D eigenvalue weighted by molar-refractivity contribution is -0.122. The van der Waals surface area contributed by atoms with Crippen LogP contribution in [0, 0.1) is 0 Å². The molecular formula is C17H24F2N2O4. The number of alkyl halides is 2. The van der Waals surface area contributed by atoms with Crippen LogP contribution in [-0.4, -0.2) is 44.9 Å². The molecule has 2 N–H and O–H groups in total. The number of benzene rings is 1. The van der Waals surface area contributed by atoms with Gasteiger partial charge >= 0.3 is 6.61 Å². The number of hydrogen-bond donors (Lipinski definition) is 2. The first-order chi connectivity index (χ1) is 12.1. The molecular weight excluding hydrogens is 334 g/mol. The van der Waals surface area contributed by atoms with Crippen molar-refractivity contribution in [3.05, 3.63) is 23.8 Å². The molecule has 8 heteroatoms. The summed E-state index contributed by atoms with van der Waals surface area (Å²) in [7, 11) is 0. The number of ether oxygens (including phenoxy) is 3. The summed E-state index contributed by atoms with van der Waals surface area (Å²) >= 11 is 0. The molecule has 0 aliphatic carbocycles. The van der Waals surface area contributed by atoms with Crippen LogP contribution in [0.5, 0.6) is 11.5 Å². The summed E-state index contributed by atoms with van der Waals surface area (Å²) in [6, 6.07) is 4.67. The maximum atomic E-state index is 12.6. The van der Waals surface area contributed by atoms with Gasteiger partial charge in [0.05, 0.1) is 19.8 Å². The molecule has 1 atom stereocenters. The third-order valence-corrected chi connectivity index (χ3v) is 3.63. The lowest BCUT2D eigenvalue weighted by atomic mass is 10.1. The standard InChI is InChI=1S/C17H24F2N2O4/c1-2-6-24-14-4-3-12(15(9-14)25-17(18)19)10-21-16(22)8-13-11-23-7-5-20-13/h3-4,9,13,17,20H,2,5-8,10-11H2,1H3,(H,21,22). The van der Waals surface area contributed by atoms with Crippen LogP contribution in [0.15, 0.2) is 18.2 Å². The van der Waals surface area contributed by atoms with Crippen LogP contribution in [-0.2, 0) is 16.1 Å². The van der Waals surface area contributed by atoms with Crippen LogP contribution in [0.1, 0.15) is 25.3 Å². The van der Waals surface area contributed by atoms with Crippen LogP contribution < -0.4 is 20.1 Å². The van der Waals surface area contributed by atoms with Crippen molar-refractivity contribution in [2.24, 2.45) is 0 Å². The average molecular weight is 358 g/mol. The second-order valence-electron chi connectivity index (χ2n) is 5.70. The lowest BCUT2D eigenvalue weighted by Gasteiger charge is -2.23. The quantitative estimate of drug-likeness (QED) is 0.707. The molecule has 1 fully saturated rings. The molecule has 0 radical (unpaired) electrons. The zero-order chi connectivity index (χ0) is 18.1. The minimum absolute atomic E-state index is 0.00280. The van der Waals surface area contributed by atoms with Crippen LogP contribution in [0.4, 0.5) is 8.78 Å². The second-order valence-corrected chi connectivity index (χ2v) is 5.70. The van der Waals surface area contributed by atoms with Gasteiger partial charge in [0.1, 0.15) is 11.5 Å². The van der Waals surface area contributed by atoms with E-state index in [0.717, 1.165) is 6.42 Å². The summed E-state index contributed by atoms with van der Waals surface area (Å²) < 4.78 is 40.5. The minimum Gasteiger partial charge on any atom is -0.493 e. The van der Waals surface area contributed by atoms with E-state index in [2.05, 4.69) is 15.4 Å². The highest BCUT2D eigenvalue weighted by Crippen LogP contribution is 2.26. The van der Waals surface area contributed by atoms with Gasteiger partial charge in [-0.15, -0.1) is 0 Å². The second kappa shape index (κ2) is 10.1. The summed E-state index contributed by atoms with van der Waals surface area (Å²) in [5, 5.41) is 5.91. The van der Waals surface area contributed by atoms with Crippen molar-refractivity contribution >= 4 is 5.91 Å². The molecule has 25 heavy (non-hydrogen) atoms. The Balaban J connectivity index is 1.93. The summed E-state index contributed by atoms with van der Waals surface area (Å²) in [6.07, 6.45) is 1.07. The lowest BCUT2D eigenvalue weighted by Crippen LogP contribution is -2.44. The topological polar surface area (TPSA) is 68.8 Å². The molecule has 1 amide bonds. The number of amides is 1. The largest absolute Gasteiger partial charge is 0.493 e. The van der Waals surface area contributed by atoms with E-state index in [1.165, 1.54) is 6.07 Å². The Morgan fingerprint density at radius 1 is 1.48 bits per heavy atom. The van der Waals surface area contributed by atoms with Gasteiger partial charge in [-0.25, -0.2) is 0 Å². The van der Waals surface area contributed by atoms with E-state index in [1.807, 2.05) is 6.92 Å². The first kappa shape index (κ1) is 19.4. The maximum Gasteiger partial charge on any atom is 0.387 e. The van der Waals surface area contributed by atoms with Crippen molar-refractivity contribution in [2.75, 3.05) is 26.4 Å². The average Bonchev–Trinajstić information content (AvgIpc) is 2.59. The Hall–Kier alpha value is -1.93. The van der Waals surface area contributed by atoms with Crippen LogP contribution in [0.2, 0.25) is 0 Å². The van der Waals surface area contributed by atoms with E-state index in [1.54, 1.807) is 12.1 Å². The third-order valence-electron chi connectivity index (χ3n) is 3.63. The molecule has 6 nitrogen and oxygen atoms in total. The molecule has 0 aromatic heterocycles. The molecule has 1 saturated heterocycles. The Morgan fingerprint density at radius 3 is 3.00 bits per heavy atom. The van der Waals surface area contributed by atoms with Crippen molar-refractivity contribution in [3.8, 4) is 11.5 Å². The highest BCUT2D eigenvalue weighted by atomic mass is 19.3. The van der Waals surface area contributed by atoms with Gasteiger partial charge in [-0.05, 0) is 18.6 Å². The molecule has 1 aliphatic heterocycles. The van der Waals surface area contributed by atoms with E-state index in [0.29, 0.717) is 37.7 Å². The molecule has 0 spiro atoms. The number of rotatable bonds is 9. The first-order valence-electron chi connectivity index (χ1n) is 8.37. The number of carbonyl (C=O) groups is 1. The first-order valence-corrected chi connectivity index (χ1v) is 8.37. The van der Waals surface area contributed by atoms with Crippen molar-refractivity contribution < 1.29 is 27.8 Å². The van der Waals surface area contributed by atoms with Gasteiger partial charge in [0, 0.05) is 37.2 Å². The Bertz CT molecular complexity index is 551. The summed E-state index contributed by atoms with van der Waals surface area (Å²) in [5.41, 5.74) is 0.463. The zero-order valence-electron chi connectivity index (χ0n) is 14.2. The van der Waals surface area contributed by atoms with Gasteiger partial charge in [-0.2, -0.15) is 8.78 Å². The van der Waals surface area contributed by atoms with Gasteiger partial charge in [0.25, 0.3) is 0 Å². The fraction of sp³-hybridized carbons (Fsp3) is 0.588. The molecule has 1 aliphatic rings. The third kappa shape index (κ3) is 6.83. The van der Waals surface area contributed by atoms with Gasteiger partial charge < -0.3 is 24.8 Å². The van der Waals surface area contributed by atoms with Crippen molar-refractivity contribution in [2.45, 2.75) is 39.0 Å². The summed E-state index contributed by atoms with van der Waals surface area (Å²) in [4.78, 5) is 12.0. The smallest absolute Gasteiger partial charge is 0.387 e. The fourth-order valence-corrected chi connectivity index (χ4v) is 2.44. The number of halogens is 2. The van der Waals surface area contributed by atoms with Gasteiger partial charge in [0.2, 0.25) is 5.91 Å². The fourth-order valence-electron chi connectivity index (χ4n) is 2.44.